The van der Waals surface area contributed by atoms with Crippen molar-refractivity contribution in [1.29, 1.82) is 0 Å². The summed E-state index contributed by atoms with van der Waals surface area (Å²) < 4.78 is 18.9. The number of ether oxygens (including phenoxy) is 1. The number of anilines is 2. The lowest BCUT2D eigenvalue weighted by Gasteiger charge is -2.20. The molecular formula is C20H20FN3O3S2. The molecule has 0 atom stereocenters. The maximum atomic E-state index is 13.7. The van der Waals surface area contributed by atoms with Crippen molar-refractivity contribution in [3.8, 4) is 9.88 Å². The highest BCUT2D eigenvalue weighted by Crippen LogP contribution is 2.28. The molecule has 0 bridgehead atoms. The van der Waals surface area contributed by atoms with Gasteiger partial charge in [0, 0.05) is 5.38 Å². The molecule has 0 fully saturated rings. The number of amides is 2. The van der Waals surface area contributed by atoms with Gasteiger partial charge in [-0.25, -0.2) is 14.2 Å². The number of carbonyl (C=O) groups excluding carboxylic acids is 2. The third kappa shape index (κ3) is 6.10. The fourth-order valence-electron chi connectivity index (χ4n) is 2.40. The minimum Gasteiger partial charge on any atom is -0.444 e. The summed E-state index contributed by atoms with van der Waals surface area (Å²) in [5, 5.41) is 9.79. The van der Waals surface area contributed by atoms with Gasteiger partial charge in [0.1, 0.15) is 16.4 Å². The molecule has 9 heteroatoms. The number of halogens is 1. The van der Waals surface area contributed by atoms with Crippen LogP contribution in [0.4, 0.5) is 20.6 Å². The van der Waals surface area contributed by atoms with Crippen molar-refractivity contribution in [3.63, 3.8) is 0 Å². The number of nitrogens with one attached hydrogen (secondary N) is 2. The number of carbonyl (C=O) groups is 2. The molecule has 152 valence electrons. The van der Waals surface area contributed by atoms with Crippen LogP contribution in [0.1, 0.15) is 26.5 Å². The van der Waals surface area contributed by atoms with E-state index in [1.807, 2.05) is 22.9 Å². The molecule has 2 aromatic heterocycles. The smallest absolute Gasteiger partial charge is 0.412 e. The van der Waals surface area contributed by atoms with Gasteiger partial charge in [0.25, 0.3) is 0 Å². The summed E-state index contributed by atoms with van der Waals surface area (Å²) in [6.07, 6.45) is -0.663. The second kappa shape index (κ2) is 8.71. The van der Waals surface area contributed by atoms with Gasteiger partial charge in [-0.05, 0) is 50.4 Å². The summed E-state index contributed by atoms with van der Waals surface area (Å²) in [6.45, 7) is 5.20. The zero-order valence-electron chi connectivity index (χ0n) is 16.1. The average Bonchev–Trinajstić information content (AvgIpc) is 3.27. The number of benzene rings is 1. The summed E-state index contributed by atoms with van der Waals surface area (Å²) in [7, 11) is 0. The molecule has 0 saturated carbocycles. The summed E-state index contributed by atoms with van der Waals surface area (Å²) in [5.41, 5.74) is 0.327. The number of thiazole rings is 1. The first-order chi connectivity index (χ1) is 13.7. The van der Waals surface area contributed by atoms with Crippen molar-refractivity contribution in [3.05, 3.63) is 52.6 Å². The Balaban J connectivity index is 1.68. The third-order valence-electron chi connectivity index (χ3n) is 3.52. The largest absolute Gasteiger partial charge is 0.444 e. The minimum absolute atomic E-state index is 0.0320. The van der Waals surface area contributed by atoms with Gasteiger partial charge in [0.15, 0.2) is 0 Å². The molecule has 6 nitrogen and oxygen atoms in total. The highest BCUT2D eigenvalue weighted by atomic mass is 32.1. The van der Waals surface area contributed by atoms with Crippen molar-refractivity contribution >= 4 is 46.0 Å². The topological polar surface area (TPSA) is 80.3 Å². The lowest BCUT2D eigenvalue weighted by Crippen LogP contribution is -2.27. The molecule has 0 spiro atoms. The van der Waals surface area contributed by atoms with E-state index in [1.165, 1.54) is 23.5 Å². The molecule has 0 aliphatic rings. The van der Waals surface area contributed by atoms with Crippen LogP contribution in [0.3, 0.4) is 0 Å². The van der Waals surface area contributed by atoms with Crippen LogP contribution in [-0.4, -0.2) is 22.6 Å². The SMILES string of the molecule is CC(C)(C)OC(=O)Nc1ccc(F)cc1NC(=O)Cc1csc(-c2cccs2)n1. The number of aromatic nitrogens is 1. The maximum absolute atomic E-state index is 13.7. The summed E-state index contributed by atoms with van der Waals surface area (Å²) in [6, 6.07) is 7.61. The van der Waals surface area contributed by atoms with Crippen LogP contribution in [0, 0.1) is 5.82 Å². The van der Waals surface area contributed by atoms with Crippen LogP contribution in [0.25, 0.3) is 9.88 Å². The molecule has 2 heterocycles. The first-order valence-corrected chi connectivity index (χ1v) is 10.5. The van der Waals surface area contributed by atoms with E-state index < -0.39 is 17.5 Å². The fraction of sp³-hybridized carbons (Fsp3) is 0.250. The monoisotopic (exact) mass is 433 g/mol. The second-order valence-electron chi connectivity index (χ2n) is 7.16. The van der Waals surface area contributed by atoms with Crippen molar-refractivity contribution in [2.45, 2.75) is 32.8 Å². The van der Waals surface area contributed by atoms with Gasteiger partial charge in [-0.3, -0.25) is 10.1 Å². The van der Waals surface area contributed by atoms with Crippen molar-refractivity contribution < 1.29 is 18.7 Å². The van der Waals surface area contributed by atoms with Gasteiger partial charge < -0.3 is 10.1 Å². The lowest BCUT2D eigenvalue weighted by molar-refractivity contribution is -0.115. The van der Waals surface area contributed by atoms with Crippen molar-refractivity contribution in [2.24, 2.45) is 0 Å². The Hall–Kier alpha value is -2.78. The van der Waals surface area contributed by atoms with Crippen LogP contribution in [0.15, 0.2) is 41.1 Å². The number of hydrogen-bond acceptors (Lipinski definition) is 6. The van der Waals surface area contributed by atoms with Crippen LogP contribution in [-0.2, 0) is 16.0 Å². The predicted octanol–water partition coefficient (Wildman–Crippen LogP) is 5.54. The molecule has 0 saturated heterocycles. The van der Waals surface area contributed by atoms with Crippen molar-refractivity contribution in [1.82, 2.24) is 4.98 Å². The number of nitrogens with zero attached hydrogens (tertiary/aromatic N) is 1. The Morgan fingerprint density at radius 3 is 2.62 bits per heavy atom. The Morgan fingerprint density at radius 1 is 1.14 bits per heavy atom. The highest BCUT2D eigenvalue weighted by molar-refractivity contribution is 7.20. The number of hydrogen-bond donors (Lipinski definition) is 2. The summed E-state index contributed by atoms with van der Waals surface area (Å²) in [5.74, 6) is -0.908. The zero-order valence-corrected chi connectivity index (χ0v) is 17.7. The highest BCUT2D eigenvalue weighted by Gasteiger charge is 2.18. The van der Waals surface area contributed by atoms with E-state index in [0.29, 0.717) is 5.69 Å². The van der Waals surface area contributed by atoms with E-state index in [0.717, 1.165) is 16.0 Å². The molecule has 3 aromatic rings. The predicted molar refractivity (Wildman–Crippen MR) is 114 cm³/mol. The molecule has 0 radical (unpaired) electrons. The number of thiophene rings is 1. The van der Waals surface area contributed by atoms with E-state index in [-0.39, 0.29) is 23.7 Å². The second-order valence-corrected chi connectivity index (χ2v) is 8.97. The molecule has 29 heavy (non-hydrogen) atoms. The van der Waals surface area contributed by atoms with E-state index in [9.17, 15) is 14.0 Å². The fourth-order valence-corrected chi connectivity index (χ4v) is 4.04. The quantitative estimate of drug-likeness (QED) is 0.554. The first-order valence-electron chi connectivity index (χ1n) is 8.77. The minimum atomic E-state index is -0.695. The van der Waals surface area contributed by atoms with Crippen LogP contribution < -0.4 is 10.6 Å². The number of rotatable bonds is 5. The van der Waals surface area contributed by atoms with Crippen molar-refractivity contribution in [2.75, 3.05) is 10.6 Å². The molecule has 0 aliphatic carbocycles. The van der Waals surface area contributed by atoms with Gasteiger partial charge in [-0.15, -0.1) is 22.7 Å². The Morgan fingerprint density at radius 2 is 1.93 bits per heavy atom. The molecule has 0 aliphatic heterocycles. The van der Waals surface area contributed by atoms with E-state index >= 15 is 0 Å². The van der Waals surface area contributed by atoms with Crippen LogP contribution in [0.2, 0.25) is 0 Å². The van der Waals surface area contributed by atoms with Crippen LogP contribution >= 0.6 is 22.7 Å². The van der Waals surface area contributed by atoms with Gasteiger partial charge in [-0.1, -0.05) is 6.07 Å². The van der Waals surface area contributed by atoms with E-state index in [1.54, 1.807) is 32.1 Å². The van der Waals surface area contributed by atoms with Gasteiger partial charge >= 0.3 is 6.09 Å². The Kier molecular flexibility index (Phi) is 6.29. The van der Waals surface area contributed by atoms with Crippen LogP contribution in [0.5, 0.6) is 0 Å². The van der Waals surface area contributed by atoms with Gasteiger partial charge in [0.2, 0.25) is 5.91 Å². The lowest BCUT2D eigenvalue weighted by atomic mass is 10.2. The molecular weight excluding hydrogens is 413 g/mol. The Bertz CT molecular complexity index is 1010. The standard InChI is InChI=1S/C20H20FN3O3S2/c1-20(2,3)27-19(26)24-14-7-6-12(21)9-15(14)23-17(25)10-13-11-29-18(22-13)16-5-4-8-28-16/h4-9,11H,10H2,1-3H3,(H,23,25)(H,24,26). The van der Waals surface area contributed by atoms with E-state index in [4.69, 9.17) is 4.74 Å². The molecule has 3 rings (SSSR count). The first kappa shape index (κ1) is 20.9. The van der Waals surface area contributed by atoms with Gasteiger partial charge in [-0.2, -0.15) is 0 Å². The summed E-state index contributed by atoms with van der Waals surface area (Å²) in [4.78, 5) is 30.0. The summed E-state index contributed by atoms with van der Waals surface area (Å²) >= 11 is 3.04. The normalized spacial score (nSPS) is 11.2. The third-order valence-corrected chi connectivity index (χ3v) is 5.45. The van der Waals surface area contributed by atoms with E-state index in [2.05, 4.69) is 15.6 Å². The molecule has 0 unspecified atom stereocenters. The molecule has 2 N–H and O–H groups in total. The molecule has 2 amide bonds. The molecule has 1 aromatic carbocycles. The zero-order chi connectivity index (χ0) is 21.0. The maximum Gasteiger partial charge on any atom is 0.412 e. The Labute approximate surface area is 175 Å². The van der Waals surface area contributed by atoms with Gasteiger partial charge in [0.05, 0.1) is 28.4 Å². The average molecular weight is 434 g/mol.